The summed E-state index contributed by atoms with van der Waals surface area (Å²) in [5.41, 5.74) is 0.218. The summed E-state index contributed by atoms with van der Waals surface area (Å²) in [6.07, 6.45) is 3.95. The van der Waals surface area contributed by atoms with Gasteiger partial charge in [0.15, 0.2) is 0 Å². The van der Waals surface area contributed by atoms with Crippen LogP contribution in [-0.2, 0) is 9.53 Å². The number of hydrogen-bond acceptors (Lipinski definition) is 4. The summed E-state index contributed by atoms with van der Waals surface area (Å²) in [5.74, 6) is -0.270. The van der Waals surface area contributed by atoms with Gasteiger partial charge in [0.1, 0.15) is 5.82 Å². The molecule has 29 heavy (non-hydrogen) atoms. The Morgan fingerprint density at radius 2 is 1.97 bits per heavy atom. The predicted molar refractivity (Wildman–Crippen MR) is 107 cm³/mol. The Labute approximate surface area is 175 Å². The maximum absolute atomic E-state index is 13.4. The molecule has 2 aliphatic heterocycles. The fraction of sp³-hybridized carbons (Fsp3) is 0.619. The molecule has 0 unspecified atom stereocenters. The van der Waals surface area contributed by atoms with Gasteiger partial charge in [-0.2, -0.15) is 0 Å². The van der Waals surface area contributed by atoms with E-state index in [0.29, 0.717) is 38.8 Å². The average Bonchev–Trinajstić information content (AvgIpc) is 3.46. The lowest BCUT2D eigenvalue weighted by Gasteiger charge is -2.38. The molecule has 2 saturated heterocycles. The van der Waals surface area contributed by atoms with Gasteiger partial charge in [0.05, 0.1) is 25.3 Å². The topological polar surface area (TPSA) is 61.9 Å². The first kappa shape index (κ1) is 20.6. The van der Waals surface area contributed by atoms with E-state index in [1.807, 2.05) is 4.90 Å². The molecule has 1 N–H and O–H groups in total. The molecule has 1 aromatic carbocycles. The SMILES string of the molecule is O=C(NCC1CCN(CC(=O)N2CCOCC23CC3)CC1)c1cc(F)cc(Cl)c1. The molecule has 158 valence electrons. The second-order valence-corrected chi connectivity index (χ2v) is 8.85. The molecule has 0 aromatic heterocycles. The number of amides is 2. The van der Waals surface area contributed by atoms with Gasteiger partial charge in [0, 0.05) is 23.7 Å². The first-order valence-corrected chi connectivity index (χ1v) is 10.7. The lowest BCUT2D eigenvalue weighted by molar-refractivity contribution is -0.143. The number of likely N-dealkylation sites (tertiary alicyclic amines) is 1. The van der Waals surface area contributed by atoms with E-state index in [1.54, 1.807) is 0 Å². The van der Waals surface area contributed by atoms with Crippen molar-refractivity contribution in [1.29, 1.82) is 0 Å². The maximum Gasteiger partial charge on any atom is 0.251 e. The standard InChI is InChI=1S/C21H27ClFN3O3/c22-17-9-16(10-18(23)11-17)20(28)24-12-15-1-5-25(6-2-15)13-19(27)26-7-8-29-14-21(26)3-4-21/h9-11,15H,1-8,12-14H2,(H,24,28). The van der Waals surface area contributed by atoms with E-state index in [1.165, 1.54) is 18.2 Å². The van der Waals surface area contributed by atoms with Crippen LogP contribution in [0.4, 0.5) is 4.39 Å². The van der Waals surface area contributed by atoms with Crippen molar-refractivity contribution in [3.63, 3.8) is 0 Å². The molecular weight excluding hydrogens is 397 g/mol. The van der Waals surface area contributed by atoms with Crippen molar-refractivity contribution in [2.75, 3.05) is 45.9 Å². The maximum atomic E-state index is 13.4. The summed E-state index contributed by atoms with van der Waals surface area (Å²) >= 11 is 5.81. The van der Waals surface area contributed by atoms with Gasteiger partial charge >= 0.3 is 0 Å². The predicted octanol–water partition coefficient (Wildman–Crippen LogP) is 2.31. The van der Waals surface area contributed by atoms with Gasteiger partial charge in [-0.05, 0) is 62.9 Å². The molecule has 3 aliphatic rings. The molecule has 0 radical (unpaired) electrons. The Morgan fingerprint density at radius 3 is 2.66 bits per heavy atom. The third-order valence-corrected chi connectivity index (χ3v) is 6.49. The number of benzene rings is 1. The van der Waals surface area contributed by atoms with Crippen molar-refractivity contribution in [2.24, 2.45) is 5.92 Å². The molecule has 6 nitrogen and oxygen atoms in total. The number of nitrogens with one attached hydrogen (secondary N) is 1. The van der Waals surface area contributed by atoms with Crippen molar-refractivity contribution in [3.8, 4) is 0 Å². The fourth-order valence-electron chi connectivity index (χ4n) is 4.33. The zero-order valence-corrected chi connectivity index (χ0v) is 17.2. The van der Waals surface area contributed by atoms with Gasteiger partial charge in [-0.15, -0.1) is 0 Å². The van der Waals surface area contributed by atoms with Crippen molar-refractivity contribution < 1.29 is 18.7 Å². The molecule has 1 saturated carbocycles. The number of hydrogen-bond donors (Lipinski definition) is 1. The van der Waals surface area contributed by atoms with E-state index in [0.717, 1.165) is 38.8 Å². The Hall–Kier alpha value is -1.70. The number of carbonyl (C=O) groups excluding carboxylic acids is 2. The number of rotatable bonds is 5. The van der Waals surface area contributed by atoms with Gasteiger partial charge in [-0.1, -0.05) is 11.6 Å². The minimum atomic E-state index is -0.520. The Balaban J connectivity index is 1.20. The summed E-state index contributed by atoms with van der Waals surface area (Å²) in [6.45, 7) is 4.70. The van der Waals surface area contributed by atoms with Crippen LogP contribution in [0.5, 0.6) is 0 Å². The molecule has 8 heteroatoms. The first-order chi connectivity index (χ1) is 13.9. The minimum absolute atomic E-state index is 0.0161. The monoisotopic (exact) mass is 423 g/mol. The molecule has 0 bridgehead atoms. The summed E-state index contributed by atoms with van der Waals surface area (Å²) in [5, 5.41) is 3.09. The van der Waals surface area contributed by atoms with Crippen LogP contribution < -0.4 is 5.32 Å². The van der Waals surface area contributed by atoms with E-state index in [-0.39, 0.29) is 27.9 Å². The van der Waals surface area contributed by atoms with Crippen LogP contribution in [0.15, 0.2) is 18.2 Å². The molecule has 0 atom stereocenters. The molecule has 3 fully saturated rings. The number of piperidine rings is 1. The first-order valence-electron chi connectivity index (χ1n) is 10.3. The summed E-state index contributed by atoms with van der Waals surface area (Å²) in [6, 6.07) is 3.83. The number of carbonyl (C=O) groups is 2. The van der Waals surface area contributed by atoms with Crippen LogP contribution in [-0.4, -0.2) is 73.1 Å². The number of nitrogens with zero attached hydrogens (tertiary/aromatic N) is 2. The lowest BCUT2D eigenvalue weighted by Crippen LogP contribution is -2.54. The fourth-order valence-corrected chi connectivity index (χ4v) is 4.55. The van der Waals surface area contributed by atoms with Crippen LogP contribution in [0.25, 0.3) is 0 Å². The highest BCUT2D eigenvalue weighted by Crippen LogP contribution is 2.43. The molecular formula is C21H27ClFN3O3. The van der Waals surface area contributed by atoms with Gasteiger partial charge in [-0.25, -0.2) is 4.39 Å². The Morgan fingerprint density at radius 1 is 1.21 bits per heavy atom. The van der Waals surface area contributed by atoms with E-state index in [9.17, 15) is 14.0 Å². The van der Waals surface area contributed by atoms with Gasteiger partial charge in [0.2, 0.25) is 5.91 Å². The van der Waals surface area contributed by atoms with Crippen LogP contribution in [0.1, 0.15) is 36.0 Å². The number of ether oxygens (including phenoxy) is 1. The van der Waals surface area contributed by atoms with Crippen molar-refractivity contribution >= 4 is 23.4 Å². The van der Waals surface area contributed by atoms with Crippen molar-refractivity contribution in [2.45, 2.75) is 31.2 Å². The molecule has 4 rings (SSSR count). The van der Waals surface area contributed by atoms with Crippen LogP contribution >= 0.6 is 11.6 Å². The minimum Gasteiger partial charge on any atom is -0.377 e. The van der Waals surface area contributed by atoms with Crippen LogP contribution in [0.3, 0.4) is 0 Å². The quantitative estimate of drug-likeness (QED) is 0.789. The summed E-state index contributed by atoms with van der Waals surface area (Å²) in [7, 11) is 0. The number of halogens is 2. The second kappa shape index (κ2) is 8.58. The number of morpholine rings is 1. The third-order valence-electron chi connectivity index (χ3n) is 6.27. The second-order valence-electron chi connectivity index (χ2n) is 8.41. The molecule has 1 spiro atoms. The average molecular weight is 424 g/mol. The third kappa shape index (κ3) is 4.90. The van der Waals surface area contributed by atoms with E-state index in [2.05, 4.69) is 10.2 Å². The van der Waals surface area contributed by atoms with Crippen LogP contribution in [0.2, 0.25) is 5.02 Å². The molecule has 1 aliphatic carbocycles. The summed E-state index contributed by atoms with van der Waals surface area (Å²) in [4.78, 5) is 29.2. The van der Waals surface area contributed by atoms with Crippen molar-refractivity contribution in [1.82, 2.24) is 15.1 Å². The normalized spacial score (nSPS) is 21.9. The molecule has 2 heterocycles. The van der Waals surface area contributed by atoms with Gasteiger partial charge in [-0.3, -0.25) is 14.5 Å². The van der Waals surface area contributed by atoms with Crippen LogP contribution in [0, 0.1) is 11.7 Å². The van der Waals surface area contributed by atoms with Gasteiger partial charge in [0.25, 0.3) is 5.91 Å². The Bertz CT molecular complexity index is 758. The van der Waals surface area contributed by atoms with E-state index >= 15 is 0 Å². The highest BCUT2D eigenvalue weighted by atomic mass is 35.5. The smallest absolute Gasteiger partial charge is 0.251 e. The zero-order chi connectivity index (χ0) is 20.4. The highest BCUT2D eigenvalue weighted by Gasteiger charge is 2.51. The summed E-state index contributed by atoms with van der Waals surface area (Å²) < 4.78 is 19.0. The highest BCUT2D eigenvalue weighted by molar-refractivity contribution is 6.31. The Kier molecular flexibility index (Phi) is 6.08. The molecule has 1 aromatic rings. The van der Waals surface area contributed by atoms with Gasteiger partial charge < -0.3 is 15.0 Å². The molecule has 2 amide bonds. The van der Waals surface area contributed by atoms with E-state index in [4.69, 9.17) is 16.3 Å². The van der Waals surface area contributed by atoms with Crippen molar-refractivity contribution in [3.05, 3.63) is 34.6 Å². The largest absolute Gasteiger partial charge is 0.377 e. The lowest BCUT2D eigenvalue weighted by atomic mass is 9.96. The van der Waals surface area contributed by atoms with E-state index < -0.39 is 5.82 Å². The zero-order valence-electron chi connectivity index (χ0n) is 16.5.